The molecule has 1 aromatic heterocycles. The molecule has 0 saturated heterocycles. The van der Waals surface area contributed by atoms with Gasteiger partial charge in [-0.25, -0.2) is 0 Å². The van der Waals surface area contributed by atoms with E-state index in [9.17, 15) is 0 Å². The Morgan fingerprint density at radius 1 is 1.22 bits per heavy atom. The second-order valence-electron chi connectivity index (χ2n) is 5.91. The summed E-state index contributed by atoms with van der Waals surface area (Å²) in [5, 5.41) is 18.4. The molecule has 0 saturated carbocycles. The number of aromatic nitrogens is 3. The highest BCUT2D eigenvalue weighted by Crippen LogP contribution is 2.25. The van der Waals surface area contributed by atoms with Crippen molar-refractivity contribution >= 4 is 11.8 Å². The molecule has 0 spiro atoms. The van der Waals surface area contributed by atoms with Gasteiger partial charge in [-0.2, -0.15) is 5.26 Å². The smallest absolute Gasteiger partial charge is 0.191 e. The molecule has 3 rings (SSSR count). The molecule has 0 aliphatic rings. The molecular weight excluding hydrogens is 356 g/mol. The van der Waals surface area contributed by atoms with Crippen LogP contribution in [0.4, 0.5) is 0 Å². The molecule has 0 bridgehead atoms. The number of hydrogen-bond donors (Lipinski definition) is 0. The van der Waals surface area contributed by atoms with Gasteiger partial charge in [-0.05, 0) is 37.3 Å². The summed E-state index contributed by atoms with van der Waals surface area (Å²) in [5.41, 5.74) is 2.86. The van der Waals surface area contributed by atoms with Crippen molar-refractivity contribution in [2.24, 2.45) is 0 Å². The highest BCUT2D eigenvalue weighted by atomic mass is 32.2. The van der Waals surface area contributed by atoms with Crippen LogP contribution in [-0.4, -0.2) is 27.1 Å². The van der Waals surface area contributed by atoms with Gasteiger partial charge in [0.25, 0.3) is 0 Å². The predicted molar refractivity (Wildman–Crippen MR) is 108 cm³/mol. The molecule has 136 valence electrons. The average Bonchev–Trinajstić information content (AvgIpc) is 3.09. The number of hydrogen-bond acceptors (Lipinski definition) is 5. The number of nitriles is 1. The fourth-order valence-corrected chi connectivity index (χ4v) is 3.37. The number of aryl methyl sites for hydroxylation is 1. The van der Waals surface area contributed by atoms with Gasteiger partial charge in [0.05, 0.1) is 18.2 Å². The third-order valence-corrected chi connectivity index (χ3v) is 4.80. The maximum Gasteiger partial charge on any atom is 0.191 e. The van der Waals surface area contributed by atoms with Crippen molar-refractivity contribution < 1.29 is 4.74 Å². The fraction of sp³-hybridized carbons (Fsp3) is 0.190. The van der Waals surface area contributed by atoms with Crippen LogP contribution in [0.2, 0.25) is 0 Å². The van der Waals surface area contributed by atoms with Crippen molar-refractivity contribution in [2.75, 3.05) is 12.4 Å². The Kier molecular flexibility index (Phi) is 6.29. The maximum absolute atomic E-state index is 8.82. The average molecular weight is 376 g/mol. The van der Waals surface area contributed by atoms with E-state index in [0.29, 0.717) is 18.7 Å². The number of allylic oxidation sites excluding steroid dienone is 1. The van der Waals surface area contributed by atoms with Crippen molar-refractivity contribution in [2.45, 2.75) is 18.6 Å². The minimum Gasteiger partial charge on any atom is -0.493 e. The van der Waals surface area contributed by atoms with E-state index in [-0.39, 0.29) is 0 Å². The Labute approximate surface area is 163 Å². The van der Waals surface area contributed by atoms with Crippen LogP contribution in [0.25, 0.3) is 11.4 Å². The molecule has 0 amide bonds. The highest BCUT2D eigenvalue weighted by Gasteiger charge is 2.13. The van der Waals surface area contributed by atoms with Gasteiger partial charge in [0.2, 0.25) is 0 Å². The monoisotopic (exact) mass is 376 g/mol. The third kappa shape index (κ3) is 4.78. The lowest BCUT2D eigenvalue weighted by Crippen LogP contribution is -2.04. The normalized spacial score (nSPS) is 10.4. The topological polar surface area (TPSA) is 63.7 Å². The van der Waals surface area contributed by atoms with Crippen LogP contribution in [0.3, 0.4) is 0 Å². The van der Waals surface area contributed by atoms with Crippen LogP contribution >= 0.6 is 11.8 Å². The van der Waals surface area contributed by atoms with E-state index < -0.39 is 0 Å². The summed E-state index contributed by atoms with van der Waals surface area (Å²) >= 11 is 1.60. The van der Waals surface area contributed by atoms with Crippen LogP contribution in [-0.2, 0) is 6.54 Å². The van der Waals surface area contributed by atoms with Crippen molar-refractivity contribution in [3.05, 3.63) is 72.3 Å². The van der Waals surface area contributed by atoms with Crippen LogP contribution < -0.4 is 4.74 Å². The molecule has 0 radical (unpaired) electrons. The van der Waals surface area contributed by atoms with Gasteiger partial charge in [-0.3, -0.25) is 4.57 Å². The number of thioether (sulfide) groups is 1. The van der Waals surface area contributed by atoms with E-state index in [1.54, 1.807) is 36.0 Å². The molecule has 0 fully saturated rings. The Hall–Kier alpha value is -3.04. The Balaban J connectivity index is 1.64. The van der Waals surface area contributed by atoms with Crippen molar-refractivity contribution in [1.82, 2.24) is 14.8 Å². The van der Waals surface area contributed by atoms with Crippen molar-refractivity contribution in [3.8, 4) is 23.2 Å². The zero-order chi connectivity index (χ0) is 19.1. The molecule has 0 aliphatic heterocycles. The summed E-state index contributed by atoms with van der Waals surface area (Å²) in [6.07, 6.45) is 1.85. The van der Waals surface area contributed by atoms with E-state index in [2.05, 4.69) is 46.5 Å². The standard InChI is InChI=1S/C21H20N4OS/c1-3-11-25-20(18-6-4-5-16(2)14-18)23-24-21(25)27-13-12-26-19-9-7-17(15-22)8-10-19/h3-10,14H,1,11-13H2,2H3. The lowest BCUT2D eigenvalue weighted by Gasteiger charge is -2.09. The second kappa shape index (κ2) is 9.06. The summed E-state index contributed by atoms with van der Waals surface area (Å²) in [6.45, 7) is 7.10. The lowest BCUT2D eigenvalue weighted by atomic mass is 10.1. The van der Waals surface area contributed by atoms with Crippen LogP contribution in [0.1, 0.15) is 11.1 Å². The molecule has 27 heavy (non-hydrogen) atoms. The number of ether oxygens (including phenoxy) is 1. The largest absolute Gasteiger partial charge is 0.493 e. The van der Waals surface area contributed by atoms with Crippen LogP contribution in [0.15, 0.2) is 66.3 Å². The first-order valence-corrected chi connectivity index (χ1v) is 9.56. The maximum atomic E-state index is 8.82. The summed E-state index contributed by atoms with van der Waals surface area (Å²) in [5.74, 6) is 2.33. The zero-order valence-corrected chi connectivity index (χ0v) is 15.9. The molecule has 5 nitrogen and oxygen atoms in total. The van der Waals surface area contributed by atoms with Gasteiger partial charge in [0.15, 0.2) is 11.0 Å². The van der Waals surface area contributed by atoms with Crippen LogP contribution in [0, 0.1) is 18.3 Å². The van der Waals surface area contributed by atoms with E-state index in [4.69, 9.17) is 10.00 Å². The summed E-state index contributed by atoms with van der Waals surface area (Å²) in [4.78, 5) is 0. The quantitative estimate of drug-likeness (QED) is 0.329. The summed E-state index contributed by atoms with van der Waals surface area (Å²) in [6, 6.07) is 17.4. The Bertz CT molecular complexity index is 957. The molecule has 0 atom stereocenters. The van der Waals surface area contributed by atoms with E-state index in [1.807, 2.05) is 18.2 Å². The summed E-state index contributed by atoms with van der Waals surface area (Å²) in [7, 11) is 0. The minimum absolute atomic E-state index is 0.539. The van der Waals surface area contributed by atoms with Gasteiger partial charge < -0.3 is 4.74 Å². The van der Waals surface area contributed by atoms with Crippen molar-refractivity contribution in [1.29, 1.82) is 5.26 Å². The van der Waals surface area contributed by atoms with Crippen molar-refractivity contribution in [3.63, 3.8) is 0 Å². The molecule has 6 heteroatoms. The highest BCUT2D eigenvalue weighted by molar-refractivity contribution is 7.99. The molecule has 0 aliphatic carbocycles. The first-order chi connectivity index (χ1) is 13.2. The SMILES string of the molecule is C=CCn1c(SCCOc2ccc(C#N)cc2)nnc1-c1cccc(C)c1. The molecule has 0 N–H and O–H groups in total. The second-order valence-corrected chi connectivity index (χ2v) is 6.97. The van der Waals surface area contributed by atoms with Gasteiger partial charge in [-0.1, -0.05) is 41.6 Å². The van der Waals surface area contributed by atoms with Gasteiger partial charge in [0, 0.05) is 17.9 Å². The minimum atomic E-state index is 0.539. The van der Waals surface area contributed by atoms with E-state index >= 15 is 0 Å². The Morgan fingerprint density at radius 2 is 2.04 bits per heavy atom. The van der Waals surface area contributed by atoms with Gasteiger partial charge >= 0.3 is 0 Å². The third-order valence-electron chi connectivity index (χ3n) is 3.87. The number of benzene rings is 2. The molecular formula is C21H20N4OS. The fourth-order valence-electron chi connectivity index (χ4n) is 2.61. The first-order valence-electron chi connectivity index (χ1n) is 8.58. The lowest BCUT2D eigenvalue weighted by molar-refractivity contribution is 0.344. The first kappa shape index (κ1) is 18.7. The predicted octanol–water partition coefficient (Wildman–Crippen LogP) is 4.48. The number of nitrogens with zero attached hydrogens (tertiary/aromatic N) is 4. The molecule has 0 unspecified atom stereocenters. The molecule has 2 aromatic carbocycles. The molecule has 1 heterocycles. The van der Waals surface area contributed by atoms with Crippen LogP contribution in [0.5, 0.6) is 5.75 Å². The van der Waals surface area contributed by atoms with E-state index in [1.165, 1.54) is 5.56 Å². The van der Waals surface area contributed by atoms with Gasteiger partial charge in [-0.15, -0.1) is 16.8 Å². The zero-order valence-electron chi connectivity index (χ0n) is 15.1. The van der Waals surface area contributed by atoms with Gasteiger partial charge in [0.1, 0.15) is 5.75 Å². The summed E-state index contributed by atoms with van der Waals surface area (Å²) < 4.78 is 7.79. The Morgan fingerprint density at radius 3 is 2.74 bits per heavy atom. The molecule has 3 aromatic rings. The van der Waals surface area contributed by atoms with E-state index in [0.717, 1.165) is 28.0 Å². The number of rotatable bonds is 8.